The summed E-state index contributed by atoms with van der Waals surface area (Å²) in [4.78, 5) is 113. The first kappa shape index (κ1) is 56.8. The van der Waals surface area contributed by atoms with Gasteiger partial charge in [0.1, 0.15) is 30.2 Å². The van der Waals surface area contributed by atoms with Crippen molar-refractivity contribution in [3.63, 3.8) is 0 Å². The molecule has 8 amide bonds. The Balaban J connectivity index is 1.66. The molecule has 0 fully saturated rings. The summed E-state index contributed by atoms with van der Waals surface area (Å²) in [6.07, 6.45) is 11.1. The quantitative estimate of drug-likeness (QED) is 0.0450. The zero-order valence-corrected chi connectivity index (χ0v) is 39.2. The first-order valence-electron chi connectivity index (χ1n) is 23.6. The number of carboxylic acid groups (broad SMARTS) is 1. The van der Waals surface area contributed by atoms with Gasteiger partial charge >= 0.3 is 5.97 Å². The Morgan fingerprint density at radius 1 is 0.463 bits per heavy atom. The number of carboxylic acids is 1. The molecule has 18 heteroatoms. The largest absolute Gasteiger partial charge is 0.480 e. The van der Waals surface area contributed by atoms with Crippen LogP contribution in [-0.4, -0.2) is 88.5 Å². The van der Waals surface area contributed by atoms with Crippen molar-refractivity contribution in [1.82, 2.24) is 26.6 Å². The summed E-state index contributed by atoms with van der Waals surface area (Å²) in [6, 6.07) is 12.2. The first-order valence-corrected chi connectivity index (χ1v) is 23.6. The molecule has 0 aliphatic heterocycles. The molecule has 0 aliphatic rings. The summed E-state index contributed by atoms with van der Waals surface area (Å²) in [5.41, 5.74) is 17.8. The van der Waals surface area contributed by atoms with Gasteiger partial charge in [-0.2, -0.15) is 0 Å². The van der Waals surface area contributed by atoms with Crippen molar-refractivity contribution in [3.05, 3.63) is 71.8 Å². The summed E-state index contributed by atoms with van der Waals surface area (Å²) in [7, 11) is 0. The average Bonchev–Trinajstić information content (AvgIpc) is 3.27. The second-order valence-corrected chi connectivity index (χ2v) is 17.6. The summed E-state index contributed by atoms with van der Waals surface area (Å²) in [5.74, 6) is -6.22. The fourth-order valence-electron chi connectivity index (χ4n) is 7.48. The lowest BCUT2D eigenvalue weighted by Gasteiger charge is -2.26. The van der Waals surface area contributed by atoms with E-state index in [0.29, 0.717) is 18.4 Å². The van der Waals surface area contributed by atoms with Crippen LogP contribution in [0.2, 0.25) is 0 Å². The van der Waals surface area contributed by atoms with Crippen LogP contribution < -0.4 is 43.8 Å². The standard InChI is InChI=1S/C49H74N8O10/c1-33(2)29-38(47(64)55-37(45(52)62)30-34-21-15-13-16-22-34)56-46(63)36(27-28-41(50)58)53-43(60)25-19-11-9-7-5-3-4-6-8-10-12-20-26-44(61)54-39(32-42(51)59)48(65)57-40(49(66)67)31-35-23-17-14-18-24-35/h13-18,21-24,33,36-40H,3-12,19-20,25-32H2,1-2H3,(H2,50,58)(H2,51,59)(H2,52,62)(H,53,60)(H,54,61)(H,55,64)(H,56,63)(H,57,65)(H,66,67)/t36-,37-,38-,39-,40-/m0/s1. The van der Waals surface area contributed by atoms with Gasteiger partial charge < -0.3 is 48.9 Å². The highest BCUT2D eigenvalue weighted by Gasteiger charge is 2.31. The van der Waals surface area contributed by atoms with Gasteiger partial charge in [-0.3, -0.25) is 38.4 Å². The first-order chi connectivity index (χ1) is 31.9. The number of amides is 8. The minimum atomic E-state index is -1.28. The number of nitrogens with two attached hydrogens (primary N) is 3. The van der Waals surface area contributed by atoms with E-state index in [0.717, 1.165) is 69.8 Å². The highest BCUT2D eigenvalue weighted by molar-refractivity contribution is 5.95. The number of nitrogens with one attached hydrogen (secondary N) is 5. The van der Waals surface area contributed by atoms with Crippen molar-refractivity contribution < 1.29 is 48.3 Å². The Kier molecular flexibility index (Phi) is 27.4. The molecule has 370 valence electrons. The summed E-state index contributed by atoms with van der Waals surface area (Å²) < 4.78 is 0. The molecule has 12 N–H and O–H groups in total. The van der Waals surface area contributed by atoms with E-state index in [9.17, 15) is 48.3 Å². The molecule has 0 bridgehead atoms. The van der Waals surface area contributed by atoms with Crippen LogP contribution in [0.3, 0.4) is 0 Å². The van der Waals surface area contributed by atoms with Gasteiger partial charge in [-0.15, -0.1) is 0 Å². The average molecular weight is 935 g/mol. The molecule has 0 unspecified atom stereocenters. The molecule has 0 heterocycles. The lowest BCUT2D eigenvalue weighted by Crippen LogP contribution is -2.57. The lowest BCUT2D eigenvalue weighted by atomic mass is 10.0. The highest BCUT2D eigenvalue weighted by atomic mass is 16.4. The third-order valence-corrected chi connectivity index (χ3v) is 11.1. The van der Waals surface area contributed by atoms with Crippen molar-refractivity contribution in [2.24, 2.45) is 23.1 Å². The number of carbonyl (C=O) groups excluding carboxylic acids is 8. The number of hydrogen-bond acceptors (Lipinski definition) is 9. The van der Waals surface area contributed by atoms with Crippen molar-refractivity contribution in [2.75, 3.05) is 0 Å². The number of hydrogen-bond donors (Lipinski definition) is 9. The molecule has 0 spiro atoms. The van der Waals surface area contributed by atoms with E-state index >= 15 is 0 Å². The molecule has 0 aromatic heterocycles. The SMILES string of the molecule is CC(C)C[C@H](NC(=O)[C@H](CCC(N)=O)NC(=O)CCCCCCCCCCCCCCC(=O)N[C@@H](CC(N)=O)C(=O)N[C@@H](Cc1ccccc1)C(=O)O)C(=O)N[C@@H](Cc1ccccc1)C(N)=O. The zero-order valence-electron chi connectivity index (χ0n) is 39.2. The van der Waals surface area contributed by atoms with Gasteiger partial charge in [0, 0.05) is 32.1 Å². The van der Waals surface area contributed by atoms with Gasteiger partial charge in [0.2, 0.25) is 47.3 Å². The second-order valence-electron chi connectivity index (χ2n) is 17.6. The Morgan fingerprint density at radius 2 is 0.851 bits per heavy atom. The van der Waals surface area contributed by atoms with Crippen LogP contribution in [0.25, 0.3) is 0 Å². The molecular weight excluding hydrogens is 861 g/mol. The van der Waals surface area contributed by atoms with Crippen molar-refractivity contribution in [2.45, 2.75) is 172 Å². The number of primary amides is 3. The van der Waals surface area contributed by atoms with E-state index in [4.69, 9.17) is 17.2 Å². The lowest BCUT2D eigenvalue weighted by molar-refractivity contribution is -0.142. The number of benzene rings is 2. The molecule has 0 radical (unpaired) electrons. The van der Waals surface area contributed by atoms with Gasteiger partial charge in [-0.05, 0) is 42.7 Å². The minimum Gasteiger partial charge on any atom is -0.480 e. The summed E-state index contributed by atoms with van der Waals surface area (Å²) in [5, 5.41) is 22.7. The molecule has 0 aliphatic carbocycles. The molecule has 2 aromatic rings. The molecule has 5 atom stereocenters. The van der Waals surface area contributed by atoms with E-state index in [2.05, 4.69) is 26.6 Å². The zero-order chi connectivity index (χ0) is 49.6. The maximum Gasteiger partial charge on any atom is 0.326 e. The topological polar surface area (TPSA) is 312 Å². The van der Waals surface area contributed by atoms with E-state index in [1.165, 1.54) is 0 Å². The van der Waals surface area contributed by atoms with Gasteiger partial charge in [-0.25, -0.2) is 4.79 Å². The normalized spacial score (nSPS) is 13.2. The maximum absolute atomic E-state index is 13.5. The predicted molar refractivity (Wildman–Crippen MR) is 253 cm³/mol. The fourth-order valence-corrected chi connectivity index (χ4v) is 7.48. The Labute approximate surface area is 394 Å². The molecular formula is C49H74N8O10. The van der Waals surface area contributed by atoms with Crippen LogP contribution in [0.15, 0.2) is 60.7 Å². The molecule has 18 nitrogen and oxygen atoms in total. The Hall–Kier alpha value is -6.33. The van der Waals surface area contributed by atoms with E-state index in [1.54, 1.807) is 30.3 Å². The third kappa shape index (κ3) is 25.8. The summed E-state index contributed by atoms with van der Waals surface area (Å²) >= 11 is 0. The number of carbonyl (C=O) groups is 9. The molecule has 0 saturated heterocycles. The van der Waals surface area contributed by atoms with Crippen molar-refractivity contribution in [3.8, 4) is 0 Å². The van der Waals surface area contributed by atoms with Crippen molar-refractivity contribution in [1.29, 1.82) is 0 Å². The number of rotatable bonds is 36. The van der Waals surface area contributed by atoms with Crippen LogP contribution in [0.5, 0.6) is 0 Å². The van der Waals surface area contributed by atoms with Crippen LogP contribution in [0.4, 0.5) is 0 Å². The van der Waals surface area contributed by atoms with E-state index in [-0.39, 0.29) is 56.8 Å². The van der Waals surface area contributed by atoms with Crippen LogP contribution >= 0.6 is 0 Å². The molecule has 67 heavy (non-hydrogen) atoms. The van der Waals surface area contributed by atoms with E-state index in [1.807, 2.05) is 44.2 Å². The van der Waals surface area contributed by atoms with Crippen molar-refractivity contribution >= 4 is 53.2 Å². The van der Waals surface area contributed by atoms with Crippen LogP contribution in [-0.2, 0) is 56.0 Å². The van der Waals surface area contributed by atoms with Gasteiger partial charge in [-0.1, -0.05) is 139 Å². The van der Waals surface area contributed by atoms with Crippen LogP contribution in [0, 0.1) is 5.92 Å². The molecule has 2 rings (SSSR count). The fraction of sp³-hybridized carbons (Fsp3) is 0.571. The number of unbranched alkanes of at least 4 members (excludes halogenated alkanes) is 11. The van der Waals surface area contributed by atoms with Gasteiger partial charge in [0.25, 0.3) is 0 Å². The van der Waals surface area contributed by atoms with Crippen LogP contribution in [0.1, 0.15) is 141 Å². The number of aliphatic carboxylic acids is 1. The second kappa shape index (κ2) is 32.4. The molecule has 0 saturated carbocycles. The Bertz CT molecular complexity index is 1880. The van der Waals surface area contributed by atoms with Gasteiger partial charge in [0.05, 0.1) is 6.42 Å². The minimum absolute atomic E-state index is 0.0145. The smallest absolute Gasteiger partial charge is 0.326 e. The van der Waals surface area contributed by atoms with E-state index < -0.39 is 83.9 Å². The van der Waals surface area contributed by atoms with Gasteiger partial charge in [0.15, 0.2) is 0 Å². The monoisotopic (exact) mass is 935 g/mol. The Morgan fingerprint density at radius 3 is 1.27 bits per heavy atom. The highest BCUT2D eigenvalue weighted by Crippen LogP contribution is 2.14. The predicted octanol–water partition coefficient (Wildman–Crippen LogP) is 3.11. The molecule has 2 aromatic carbocycles. The maximum atomic E-state index is 13.5. The summed E-state index contributed by atoms with van der Waals surface area (Å²) in [6.45, 7) is 3.76. The third-order valence-electron chi connectivity index (χ3n) is 11.1.